The van der Waals surface area contributed by atoms with Crippen LogP contribution in [0, 0.1) is 0 Å². The summed E-state index contributed by atoms with van der Waals surface area (Å²) >= 11 is 0. The average molecular weight is 254 g/mol. The molecule has 0 unspecified atom stereocenters. The van der Waals surface area contributed by atoms with Crippen LogP contribution in [0.1, 0.15) is 12.0 Å². The van der Waals surface area contributed by atoms with Gasteiger partial charge in [-0.2, -0.15) is 0 Å². The summed E-state index contributed by atoms with van der Waals surface area (Å²) in [6.07, 6.45) is 4.42. The highest BCUT2D eigenvalue weighted by molar-refractivity contribution is 5.62. The van der Waals surface area contributed by atoms with Gasteiger partial charge in [0.1, 0.15) is 0 Å². The highest BCUT2D eigenvalue weighted by Gasteiger charge is 2.19. The van der Waals surface area contributed by atoms with Crippen LogP contribution in [0.3, 0.4) is 0 Å². The van der Waals surface area contributed by atoms with Crippen LogP contribution in [-0.2, 0) is 6.54 Å². The predicted octanol–water partition coefficient (Wildman–Crippen LogP) is 2.32. The van der Waals surface area contributed by atoms with Crippen LogP contribution in [0.15, 0.2) is 48.8 Å². The topological polar surface area (TPSA) is 36.4 Å². The Morgan fingerprint density at radius 2 is 2.11 bits per heavy atom. The Morgan fingerprint density at radius 3 is 2.84 bits per heavy atom. The molecule has 1 aromatic carbocycles. The third kappa shape index (κ3) is 3.00. The molecule has 1 atom stereocenters. The van der Waals surface area contributed by atoms with Crippen LogP contribution in [-0.4, -0.2) is 34.2 Å². The van der Waals surface area contributed by atoms with Gasteiger partial charge in [0.2, 0.25) is 0 Å². The maximum atomic E-state index is 9.56. The van der Waals surface area contributed by atoms with Gasteiger partial charge >= 0.3 is 0 Å². The van der Waals surface area contributed by atoms with Gasteiger partial charge < -0.3 is 5.11 Å². The maximum absolute atomic E-state index is 9.56. The molecule has 0 aliphatic carbocycles. The van der Waals surface area contributed by atoms with E-state index >= 15 is 0 Å². The fourth-order valence-electron chi connectivity index (χ4n) is 2.60. The molecule has 3 heteroatoms. The fraction of sp³-hybridized carbons (Fsp3) is 0.312. The smallest absolute Gasteiger partial charge is 0.0679 e. The second kappa shape index (κ2) is 5.51. The third-order valence-corrected chi connectivity index (χ3v) is 3.58. The first kappa shape index (κ1) is 12.3. The summed E-state index contributed by atoms with van der Waals surface area (Å²) in [5.74, 6) is 0. The number of aromatic nitrogens is 1. The van der Waals surface area contributed by atoms with Crippen molar-refractivity contribution < 1.29 is 5.11 Å². The fourth-order valence-corrected chi connectivity index (χ4v) is 2.60. The largest absolute Gasteiger partial charge is 0.392 e. The van der Waals surface area contributed by atoms with E-state index in [1.807, 2.05) is 12.3 Å². The second-order valence-electron chi connectivity index (χ2n) is 5.12. The van der Waals surface area contributed by atoms with Crippen molar-refractivity contribution in [3.8, 4) is 11.1 Å². The maximum Gasteiger partial charge on any atom is 0.0679 e. The van der Waals surface area contributed by atoms with Crippen molar-refractivity contribution in [2.75, 3.05) is 13.1 Å². The molecule has 1 aliphatic heterocycles. The van der Waals surface area contributed by atoms with Crippen molar-refractivity contribution in [1.82, 2.24) is 9.88 Å². The summed E-state index contributed by atoms with van der Waals surface area (Å²) in [4.78, 5) is 6.46. The Balaban J connectivity index is 1.77. The molecule has 1 aliphatic rings. The van der Waals surface area contributed by atoms with Gasteiger partial charge in [-0.15, -0.1) is 0 Å². The molecule has 0 radical (unpaired) electrons. The quantitative estimate of drug-likeness (QED) is 0.913. The number of pyridine rings is 1. The van der Waals surface area contributed by atoms with Crippen molar-refractivity contribution in [3.63, 3.8) is 0 Å². The first-order chi connectivity index (χ1) is 9.31. The zero-order chi connectivity index (χ0) is 13.1. The minimum atomic E-state index is -0.151. The van der Waals surface area contributed by atoms with Crippen molar-refractivity contribution in [2.24, 2.45) is 0 Å². The Morgan fingerprint density at radius 1 is 1.21 bits per heavy atom. The van der Waals surface area contributed by atoms with Crippen LogP contribution in [0.5, 0.6) is 0 Å². The number of benzene rings is 1. The lowest BCUT2D eigenvalue weighted by Gasteiger charge is -2.15. The Labute approximate surface area is 113 Å². The van der Waals surface area contributed by atoms with Crippen molar-refractivity contribution >= 4 is 0 Å². The first-order valence-corrected chi connectivity index (χ1v) is 6.71. The number of β-amino-alcohol motifs (C(OH)–C–C–N with tert-alkyl or cyclic N) is 1. The summed E-state index contributed by atoms with van der Waals surface area (Å²) in [5, 5.41) is 9.56. The molecule has 1 fully saturated rings. The zero-order valence-corrected chi connectivity index (χ0v) is 10.9. The van der Waals surface area contributed by atoms with E-state index in [2.05, 4.69) is 40.2 Å². The molecule has 1 N–H and O–H groups in total. The molecule has 98 valence electrons. The molecular weight excluding hydrogens is 236 g/mol. The number of hydrogen-bond donors (Lipinski definition) is 1. The summed E-state index contributed by atoms with van der Waals surface area (Å²) in [5.41, 5.74) is 3.63. The minimum Gasteiger partial charge on any atom is -0.392 e. The number of aliphatic hydroxyl groups excluding tert-OH is 1. The minimum absolute atomic E-state index is 0.151. The summed E-state index contributed by atoms with van der Waals surface area (Å²) in [7, 11) is 0. The van der Waals surface area contributed by atoms with Crippen molar-refractivity contribution in [1.29, 1.82) is 0 Å². The molecule has 0 amide bonds. The average Bonchev–Trinajstić information content (AvgIpc) is 2.85. The van der Waals surface area contributed by atoms with Crippen LogP contribution >= 0.6 is 0 Å². The molecule has 3 nitrogen and oxygen atoms in total. The lowest BCUT2D eigenvalue weighted by molar-refractivity contribution is 0.175. The Bertz CT molecular complexity index is 541. The van der Waals surface area contributed by atoms with Crippen molar-refractivity contribution in [2.45, 2.75) is 19.1 Å². The highest BCUT2D eigenvalue weighted by Crippen LogP contribution is 2.21. The van der Waals surface area contributed by atoms with Gasteiger partial charge in [0.15, 0.2) is 0 Å². The highest BCUT2D eigenvalue weighted by atomic mass is 16.3. The van der Waals surface area contributed by atoms with Gasteiger partial charge in [-0.25, -0.2) is 0 Å². The number of nitrogens with zero attached hydrogens (tertiary/aromatic N) is 2. The van der Waals surface area contributed by atoms with E-state index in [0.717, 1.165) is 31.6 Å². The van der Waals surface area contributed by atoms with E-state index in [0.29, 0.717) is 0 Å². The standard InChI is InChI=1S/C16H18N2O/c19-16-6-8-18(12-16)11-13-3-1-4-14(9-13)15-5-2-7-17-10-15/h1-5,7,9-10,16,19H,6,8,11-12H2/t16-/m0/s1. The molecular formula is C16H18N2O. The lowest BCUT2D eigenvalue weighted by atomic mass is 10.0. The van der Waals surface area contributed by atoms with Gasteiger partial charge in [0, 0.05) is 32.0 Å². The number of rotatable bonds is 3. The van der Waals surface area contributed by atoms with E-state index in [-0.39, 0.29) is 6.10 Å². The van der Waals surface area contributed by atoms with Gasteiger partial charge in [0.05, 0.1) is 6.10 Å². The number of hydrogen-bond acceptors (Lipinski definition) is 3. The molecule has 1 aromatic heterocycles. The number of aliphatic hydroxyl groups is 1. The monoisotopic (exact) mass is 254 g/mol. The molecule has 0 bridgehead atoms. The first-order valence-electron chi connectivity index (χ1n) is 6.71. The van der Waals surface area contributed by atoms with E-state index in [4.69, 9.17) is 0 Å². The summed E-state index contributed by atoms with van der Waals surface area (Å²) in [6, 6.07) is 12.6. The van der Waals surface area contributed by atoms with Crippen molar-refractivity contribution in [3.05, 3.63) is 54.4 Å². The Kier molecular flexibility index (Phi) is 3.58. The van der Waals surface area contributed by atoms with Crippen LogP contribution in [0.2, 0.25) is 0 Å². The van der Waals surface area contributed by atoms with Crippen LogP contribution < -0.4 is 0 Å². The van der Waals surface area contributed by atoms with E-state index in [9.17, 15) is 5.11 Å². The lowest BCUT2D eigenvalue weighted by Crippen LogP contribution is -2.21. The van der Waals surface area contributed by atoms with Gasteiger partial charge in [-0.3, -0.25) is 9.88 Å². The van der Waals surface area contributed by atoms with E-state index in [1.165, 1.54) is 11.1 Å². The van der Waals surface area contributed by atoms with E-state index < -0.39 is 0 Å². The second-order valence-corrected chi connectivity index (χ2v) is 5.12. The molecule has 3 rings (SSSR count). The zero-order valence-electron chi connectivity index (χ0n) is 10.9. The molecule has 2 aromatic rings. The summed E-state index contributed by atoms with van der Waals surface area (Å²) < 4.78 is 0. The van der Waals surface area contributed by atoms with Gasteiger partial charge in [-0.1, -0.05) is 24.3 Å². The number of likely N-dealkylation sites (tertiary alicyclic amines) is 1. The van der Waals surface area contributed by atoms with Gasteiger partial charge in [-0.05, 0) is 35.2 Å². The predicted molar refractivity (Wildman–Crippen MR) is 75.6 cm³/mol. The SMILES string of the molecule is O[C@H]1CCN(Cc2cccc(-c3cccnc3)c2)C1. The van der Waals surface area contributed by atoms with Crippen LogP contribution in [0.4, 0.5) is 0 Å². The van der Waals surface area contributed by atoms with Gasteiger partial charge in [0.25, 0.3) is 0 Å². The molecule has 0 saturated carbocycles. The summed E-state index contributed by atoms with van der Waals surface area (Å²) in [6.45, 7) is 2.68. The normalized spacial score (nSPS) is 19.7. The molecule has 19 heavy (non-hydrogen) atoms. The van der Waals surface area contributed by atoms with Crippen LogP contribution in [0.25, 0.3) is 11.1 Å². The molecule has 0 spiro atoms. The molecule has 2 heterocycles. The van der Waals surface area contributed by atoms with E-state index in [1.54, 1.807) is 6.20 Å². The Hall–Kier alpha value is -1.71. The molecule has 1 saturated heterocycles. The third-order valence-electron chi connectivity index (χ3n) is 3.58.